The van der Waals surface area contributed by atoms with Gasteiger partial charge in [0.15, 0.2) is 0 Å². The standard InChI is InChI=1S/C24H28N2O/c1-4-8-18(2)16-26-17-22-14-21(13-19(3)23(22)24(26)27)15-25-12-11-20-9-6-5-7-10-20/h4-10,13-14,25H,1,11-12,15-17H2,2-3H3/b18-8+. The summed E-state index contributed by atoms with van der Waals surface area (Å²) in [6, 6.07) is 14.8. The number of nitrogens with one attached hydrogen (secondary N) is 1. The minimum Gasteiger partial charge on any atom is -0.330 e. The number of carbonyl (C=O) groups excluding carboxylic acids is 1. The summed E-state index contributed by atoms with van der Waals surface area (Å²) in [6.07, 6.45) is 4.75. The Morgan fingerprint density at radius 1 is 1.22 bits per heavy atom. The van der Waals surface area contributed by atoms with Crippen LogP contribution in [0, 0.1) is 6.92 Å². The molecule has 1 amide bonds. The van der Waals surface area contributed by atoms with Gasteiger partial charge < -0.3 is 10.2 Å². The second kappa shape index (κ2) is 8.83. The van der Waals surface area contributed by atoms with Gasteiger partial charge in [0.1, 0.15) is 0 Å². The molecule has 140 valence electrons. The van der Waals surface area contributed by atoms with Crippen molar-refractivity contribution < 1.29 is 4.79 Å². The van der Waals surface area contributed by atoms with E-state index in [2.05, 4.69) is 48.3 Å². The van der Waals surface area contributed by atoms with Gasteiger partial charge >= 0.3 is 0 Å². The molecular weight excluding hydrogens is 332 g/mol. The highest BCUT2D eigenvalue weighted by Gasteiger charge is 2.29. The van der Waals surface area contributed by atoms with Crippen LogP contribution in [0.15, 0.2) is 66.8 Å². The van der Waals surface area contributed by atoms with E-state index < -0.39 is 0 Å². The fraction of sp³-hybridized carbons (Fsp3) is 0.292. The van der Waals surface area contributed by atoms with Crippen LogP contribution >= 0.6 is 0 Å². The Kier molecular flexibility index (Phi) is 6.25. The molecule has 3 rings (SSSR count). The van der Waals surface area contributed by atoms with E-state index in [0.717, 1.165) is 41.8 Å². The maximum Gasteiger partial charge on any atom is 0.255 e. The molecule has 0 radical (unpaired) electrons. The number of aryl methyl sites for hydroxylation is 1. The third-order valence-corrected chi connectivity index (χ3v) is 4.94. The molecule has 0 aliphatic carbocycles. The highest BCUT2D eigenvalue weighted by Crippen LogP contribution is 2.28. The summed E-state index contributed by atoms with van der Waals surface area (Å²) in [4.78, 5) is 14.7. The molecule has 3 heteroatoms. The van der Waals surface area contributed by atoms with Crippen LogP contribution < -0.4 is 5.32 Å². The van der Waals surface area contributed by atoms with Crippen molar-refractivity contribution in [1.29, 1.82) is 0 Å². The van der Waals surface area contributed by atoms with Crippen molar-refractivity contribution in [2.45, 2.75) is 33.4 Å². The highest BCUT2D eigenvalue weighted by molar-refractivity contribution is 6.00. The Morgan fingerprint density at radius 2 is 2.00 bits per heavy atom. The maximum absolute atomic E-state index is 12.7. The molecule has 0 unspecified atom stereocenters. The van der Waals surface area contributed by atoms with Crippen molar-refractivity contribution >= 4 is 5.91 Å². The van der Waals surface area contributed by atoms with Gasteiger partial charge in [-0.2, -0.15) is 0 Å². The van der Waals surface area contributed by atoms with E-state index in [1.807, 2.05) is 30.9 Å². The lowest BCUT2D eigenvalue weighted by Crippen LogP contribution is -2.25. The topological polar surface area (TPSA) is 32.3 Å². The zero-order valence-corrected chi connectivity index (χ0v) is 16.3. The van der Waals surface area contributed by atoms with Gasteiger partial charge in [0, 0.05) is 25.2 Å². The van der Waals surface area contributed by atoms with Crippen LogP contribution in [0.1, 0.15) is 39.5 Å². The molecule has 2 aromatic rings. The number of hydrogen-bond donors (Lipinski definition) is 1. The molecule has 0 aromatic heterocycles. The van der Waals surface area contributed by atoms with Crippen LogP contribution in [0.2, 0.25) is 0 Å². The molecule has 1 N–H and O–H groups in total. The smallest absolute Gasteiger partial charge is 0.255 e. The monoisotopic (exact) mass is 360 g/mol. The summed E-state index contributed by atoms with van der Waals surface area (Å²) < 4.78 is 0. The molecule has 0 spiro atoms. The normalized spacial score (nSPS) is 13.8. The first kappa shape index (κ1) is 19.1. The molecule has 3 nitrogen and oxygen atoms in total. The van der Waals surface area contributed by atoms with E-state index in [9.17, 15) is 4.79 Å². The number of fused-ring (bicyclic) bond motifs is 1. The number of amides is 1. The fourth-order valence-electron chi connectivity index (χ4n) is 3.70. The van der Waals surface area contributed by atoms with Crippen molar-refractivity contribution in [3.05, 3.63) is 94.6 Å². The summed E-state index contributed by atoms with van der Waals surface area (Å²) in [6.45, 7) is 10.9. The van der Waals surface area contributed by atoms with Gasteiger partial charge in [0.25, 0.3) is 5.91 Å². The lowest BCUT2D eigenvalue weighted by Gasteiger charge is -2.15. The second-order valence-electron chi connectivity index (χ2n) is 7.27. The zero-order valence-electron chi connectivity index (χ0n) is 16.3. The lowest BCUT2D eigenvalue weighted by atomic mass is 10.0. The van der Waals surface area contributed by atoms with Crippen LogP contribution in [0.4, 0.5) is 0 Å². The van der Waals surface area contributed by atoms with Gasteiger partial charge in [0.05, 0.1) is 0 Å². The van der Waals surface area contributed by atoms with Gasteiger partial charge in [0.2, 0.25) is 0 Å². The Morgan fingerprint density at radius 3 is 2.74 bits per heavy atom. The average molecular weight is 361 g/mol. The average Bonchev–Trinajstić information content (AvgIpc) is 2.96. The number of carbonyl (C=O) groups is 1. The van der Waals surface area contributed by atoms with E-state index >= 15 is 0 Å². The van der Waals surface area contributed by atoms with Gasteiger partial charge in [-0.25, -0.2) is 0 Å². The summed E-state index contributed by atoms with van der Waals surface area (Å²) in [5.74, 6) is 0.142. The van der Waals surface area contributed by atoms with E-state index in [1.54, 1.807) is 6.08 Å². The van der Waals surface area contributed by atoms with Gasteiger partial charge in [-0.05, 0) is 49.1 Å². The quantitative estimate of drug-likeness (QED) is 0.558. The number of allylic oxidation sites excluding steroid dienone is 2. The van der Waals surface area contributed by atoms with Gasteiger partial charge in [-0.1, -0.05) is 66.8 Å². The molecular formula is C24H28N2O. The van der Waals surface area contributed by atoms with Gasteiger partial charge in [-0.3, -0.25) is 4.79 Å². The van der Waals surface area contributed by atoms with E-state index in [-0.39, 0.29) is 5.91 Å². The molecule has 0 bridgehead atoms. The Bertz CT molecular complexity index is 852. The number of hydrogen-bond acceptors (Lipinski definition) is 2. The predicted molar refractivity (Wildman–Crippen MR) is 112 cm³/mol. The summed E-state index contributed by atoms with van der Waals surface area (Å²) in [7, 11) is 0. The van der Waals surface area contributed by atoms with Crippen molar-refractivity contribution in [3.8, 4) is 0 Å². The minimum atomic E-state index is 0.142. The molecule has 0 fully saturated rings. The third-order valence-electron chi connectivity index (χ3n) is 4.94. The first-order valence-corrected chi connectivity index (χ1v) is 9.53. The lowest BCUT2D eigenvalue weighted by molar-refractivity contribution is 0.0792. The predicted octanol–water partition coefficient (Wildman–Crippen LogP) is 4.42. The number of nitrogens with zero attached hydrogens (tertiary/aromatic N) is 1. The van der Waals surface area contributed by atoms with E-state index in [4.69, 9.17) is 0 Å². The van der Waals surface area contributed by atoms with E-state index in [0.29, 0.717) is 13.1 Å². The molecule has 1 heterocycles. The Labute approximate surface area is 162 Å². The van der Waals surface area contributed by atoms with Crippen LogP contribution in [0.5, 0.6) is 0 Å². The largest absolute Gasteiger partial charge is 0.330 e. The van der Waals surface area contributed by atoms with Crippen LogP contribution in [0.25, 0.3) is 0 Å². The summed E-state index contributed by atoms with van der Waals surface area (Å²) in [5, 5.41) is 3.52. The Balaban J connectivity index is 1.61. The maximum atomic E-state index is 12.7. The first-order valence-electron chi connectivity index (χ1n) is 9.53. The van der Waals surface area contributed by atoms with Crippen molar-refractivity contribution in [3.63, 3.8) is 0 Å². The van der Waals surface area contributed by atoms with Crippen LogP contribution in [0.3, 0.4) is 0 Å². The van der Waals surface area contributed by atoms with Crippen molar-refractivity contribution in [2.24, 2.45) is 0 Å². The highest BCUT2D eigenvalue weighted by atomic mass is 16.2. The molecule has 0 atom stereocenters. The van der Waals surface area contributed by atoms with Gasteiger partial charge in [-0.15, -0.1) is 0 Å². The molecule has 0 saturated carbocycles. The molecule has 1 aliphatic heterocycles. The Hall–Kier alpha value is -2.65. The first-order chi connectivity index (χ1) is 13.1. The zero-order chi connectivity index (χ0) is 19.2. The summed E-state index contributed by atoms with van der Waals surface area (Å²) >= 11 is 0. The molecule has 27 heavy (non-hydrogen) atoms. The SMILES string of the molecule is C=C/C=C(\C)CN1Cc2cc(CNCCc3ccccc3)cc(C)c2C1=O. The van der Waals surface area contributed by atoms with Crippen molar-refractivity contribution in [2.75, 3.05) is 13.1 Å². The van der Waals surface area contributed by atoms with Crippen LogP contribution in [-0.2, 0) is 19.5 Å². The van der Waals surface area contributed by atoms with Crippen LogP contribution in [-0.4, -0.2) is 23.9 Å². The number of benzene rings is 2. The molecule has 2 aromatic carbocycles. The minimum absolute atomic E-state index is 0.142. The van der Waals surface area contributed by atoms with E-state index in [1.165, 1.54) is 11.1 Å². The van der Waals surface area contributed by atoms with Crippen molar-refractivity contribution in [1.82, 2.24) is 10.2 Å². The molecule has 1 aliphatic rings. The third kappa shape index (κ3) is 4.75. The fourth-order valence-corrected chi connectivity index (χ4v) is 3.70. The molecule has 0 saturated heterocycles. The summed E-state index contributed by atoms with van der Waals surface area (Å²) in [5.41, 5.74) is 6.84. The number of rotatable bonds is 8. The second-order valence-corrected chi connectivity index (χ2v) is 7.27.